The van der Waals surface area contributed by atoms with Gasteiger partial charge in [0.2, 0.25) is 0 Å². The maximum atomic E-state index is 12.7. The van der Waals surface area contributed by atoms with Crippen molar-refractivity contribution in [2.24, 2.45) is 4.99 Å². The molecule has 0 aliphatic rings. The standard InChI is InChI=1S/C10H13F.C5H9N/c1-3-8(2)9-5-4-6-10(11)7-9;1-3-4-5-6-2/h4-8H,3H2,1-2H3;3-5H,1-2H3/b;4-3-,6-5?. The van der Waals surface area contributed by atoms with Crippen LogP contribution in [-0.2, 0) is 0 Å². The SMILES string of the molecule is C/C=C\C=NC.CCC(C)c1cccc(F)c1. The first-order valence-corrected chi connectivity index (χ1v) is 5.94. The van der Waals surface area contributed by atoms with E-state index in [0.717, 1.165) is 12.0 Å². The Morgan fingerprint density at radius 1 is 1.41 bits per heavy atom. The maximum absolute atomic E-state index is 12.7. The highest BCUT2D eigenvalue weighted by molar-refractivity contribution is 5.70. The number of aliphatic imine (C=N–C) groups is 1. The molecule has 1 aromatic rings. The summed E-state index contributed by atoms with van der Waals surface area (Å²) >= 11 is 0. The molecule has 0 aromatic heterocycles. The van der Waals surface area contributed by atoms with Gasteiger partial charge in [-0.2, -0.15) is 0 Å². The number of hydrogen-bond donors (Lipinski definition) is 0. The summed E-state index contributed by atoms with van der Waals surface area (Å²) in [6.07, 6.45) is 6.64. The van der Waals surface area contributed by atoms with Gasteiger partial charge in [-0.1, -0.05) is 32.1 Å². The van der Waals surface area contributed by atoms with Crippen molar-refractivity contribution < 1.29 is 4.39 Å². The molecule has 0 saturated carbocycles. The molecule has 17 heavy (non-hydrogen) atoms. The van der Waals surface area contributed by atoms with E-state index in [9.17, 15) is 4.39 Å². The van der Waals surface area contributed by atoms with Gasteiger partial charge in [0, 0.05) is 13.3 Å². The number of halogens is 1. The highest BCUT2D eigenvalue weighted by atomic mass is 19.1. The Bertz CT molecular complexity index is 346. The Morgan fingerprint density at radius 2 is 2.12 bits per heavy atom. The summed E-state index contributed by atoms with van der Waals surface area (Å²) in [5.41, 5.74) is 1.09. The second-order valence-electron chi connectivity index (χ2n) is 3.80. The van der Waals surface area contributed by atoms with E-state index in [-0.39, 0.29) is 5.82 Å². The van der Waals surface area contributed by atoms with Crippen molar-refractivity contribution >= 4 is 6.21 Å². The molecule has 0 fully saturated rings. The molecule has 1 aromatic carbocycles. The molecule has 0 saturated heterocycles. The van der Waals surface area contributed by atoms with Gasteiger partial charge >= 0.3 is 0 Å². The predicted octanol–water partition coefficient (Wildman–Crippen LogP) is 4.60. The highest BCUT2D eigenvalue weighted by Crippen LogP contribution is 2.18. The van der Waals surface area contributed by atoms with E-state index in [1.54, 1.807) is 25.4 Å². The van der Waals surface area contributed by atoms with Gasteiger partial charge in [0.1, 0.15) is 5.82 Å². The number of allylic oxidation sites excluding steroid dienone is 2. The van der Waals surface area contributed by atoms with Crippen LogP contribution in [-0.4, -0.2) is 13.3 Å². The van der Waals surface area contributed by atoms with Crippen molar-refractivity contribution in [2.45, 2.75) is 33.1 Å². The molecule has 1 nitrogen and oxygen atoms in total. The van der Waals surface area contributed by atoms with Crippen molar-refractivity contribution in [3.05, 3.63) is 47.8 Å². The fourth-order valence-electron chi connectivity index (χ4n) is 1.22. The summed E-state index contributed by atoms with van der Waals surface area (Å²) in [5, 5.41) is 0. The Balaban J connectivity index is 0.000000366. The maximum Gasteiger partial charge on any atom is 0.123 e. The van der Waals surface area contributed by atoms with Crippen LogP contribution in [0.15, 0.2) is 41.4 Å². The molecule has 0 heterocycles. The molecule has 1 atom stereocenters. The van der Waals surface area contributed by atoms with Crippen LogP contribution < -0.4 is 0 Å². The van der Waals surface area contributed by atoms with Crippen LogP contribution in [0.2, 0.25) is 0 Å². The van der Waals surface area contributed by atoms with Gasteiger partial charge in [-0.25, -0.2) is 4.39 Å². The second kappa shape index (κ2) is 9.76. The minimum atomic E-state index is -0.136. The van der Waals surface area contributed by atoms with Crippen LogP contribution in [0.4, 0.5) is 4.39 Å². The van der Waals surface area contributed by atoms with Crippen LogP contribution in [0, 0.1) is 5.82 Å². The van der Waals surface area contributed by atoms with Crippen molar-refractivity contribution in [2.75, 3.05) is 7.05 Å². The summed E-state index contributed by atoms with van der Waals surface area (Å²) in [6, 6.07) is 6.81. The van der Waals surface area contributed by atoms with E-state index >= 15 is 0 Å². The number of benzene rings is 1. The van der Waals surface area contributed by atoms with Gasteiger partial charge in [-0.15, -0.1) is 0 Å². The van der Waals surface area contributed by atoms with Gasteiger partial charge in [0.15, 0.2) is 0 Å². The normalized spacial score (nSPS) is 12.5. The molecular formula is C15H22FN. The molecule has 0 amide bonds. The van der Waals surface area contributed by atoms with Crippen molar-refractivity contribution in [1.82, 2.24) is 0 Å². The molecule has 0 aliphatic heterocycles. The first-order valence-electron chi connectivity index (χ1n) is 5.94. The average Bonchev–Trinajstić information content (AvgIpc) is 2.36. The minimum Gasteiger partial charge on any atom is -0.297 e. The molecule has 0 N–H and O–H groups in total. The Kier molecular flexibility index (Phi) is 8.94. The fraction of sp³-hybridized carbons (Fsp3) is 0.400. The molecule has 0 radical (unpaired) electrons. The fourth-order valence-corrected chi connectivity index (χ4v) is 1.22. The summed E-state index contributed by atoms with van der Waals surface area (Å²) in [6.45, 7) is 6.17. The monoisotopic (exact) mass is 235 g/mol. The van der Waals surface area contributed by atoms with Crippen molar-refractivity contribution in [1.29, 1.82) is 0 Å². The largest absolute Gasteiger partial charge is 0.297 e. The van der Waals surface area contributed by atoms with Crippen LogP contribution in [0.1, 0.15) is 38.7 Å². The molecule has 0 spiro atoms. The second-order valence-corrected chi connectivity index (χ2v) is 3.80. The van der Waals surface area contributed by atoms with E-state index in [2.05, 4.69) is 18.8 Å². The first-order chi connectivity index (χ1) is 8.15. The van der Waals surface area contributed by atoms with E-state index in [0.29, 0.717) is 5.92 Å². The smallest absolute Gasteiger partial charge is 0.123 e. The van der Waals surface area contributed by atoms with E-state index in [4.69, 9.17) is 0 Å². The molecule has 94 valence electrons. The van der Waals surface area contributed by atoms with Gasteiger partial charge < -0.3 is 0 Å². The molecule has 1 rings (SSSR count). The number of nitrogens with zero attached hydrogens (tertiary/aromatic N) is 1. The summed E-state index contributed by atoms with van der Waals surface area (Å²) in [7, 11) is 1.75. The third-order valence-electron chi connectivity index (χ3n) is 2.46. The first kappa shape index (κ1) is 15.6. The molecular weight excluding hydrogens is 213 g/mol. The van der Waals surface area contributed by atoms with Gasteiger partial charge in [0.25, 0.3) is 0 Å². The quantitative estimate of drug-likeness (QED) is 0.679. The topological polar surface area (TPSA) is 12.4 Å². The highest BCUT2D eigenvalue weighted by Gasteiger charge is 2.02. The lowest BCUT2D eigenvalue weighted by Gasteiger charge is -2.07. The Hall–Kier alpha value is -1.44. The van der Waals surface area contributed by atoms with Crippen LogP contribution in [0.5, 0.6) is 0 Å². The molecule has 0 bridgehead atoms. The number of rotatable bonds is 3. The van der Waals surface area contributed by atoms with E-state index < -0.39 is 0 Å². The lowest BCUT2D eigenvalue weighted by atomic mass is 9.99. The minimum absolute atomic E-state index is 0.136. The number of hydrogen-bond acceptors (Lipinski definition) is 1. The zero-order valence-electron chi connectivity index (χ0n) is 11.2. The summed E-state index contributed by atoms with van der Waals surface area (Å²) < 4.78 is 12.7. The van der Waals surface area contributed by atoms with Crippen molar-refractivity contribution in [3.63, 3.8) is 0 Å². The van der Waals surface area contributed by atoms with Gasteiger partial charge in [0.05, 0.1) is 0 Å². The van der Waals surface area contributed by atoms with Crippen molar-refractivity contribution in [3.8, 4) is 0 Å². The average molecular weight is 235 g/mol. The van der Waals surface area contributed by atoms with Gasteiger partial charge in [-0.05, 0) is 43.0 Å². The molecule has 0 aliphatic carbocycles. The molecule has 2 heteroatoms. The predicted molar refractivity (Wildman–Crippen MR) is 74.3 cm³/mol. The van der Waals surface area contributed by atoms with Crippen LogP contribution in [0.3, 0.4) is 0 Å². The third-order valence-corrected chi connectivity index (χ3v) is 2.46. The third kappa shape index (κ3) is 7.45. The van der Waals surface area contributed by atoms with Gasteiger partial charge in [-0.3, -0.25) is 4.99 Å². The Labute approximate surface area is 104 Å². The molecule has 1 unspecified atom stereocenters. The Morgan fingerprint density at radius 3 is 2.53 bits per heavy atom. The lowest BCUT2D eigenvalue weighted by Crippen LogP contribution is -1.90. The summed E-state index contributed by atoms with van der Waals surface area (Å²) in [5.74, 6) is 0.327. The summed E-state index contributed by atoms with van der Waals surface area (Å²) in [4.78, 5) is 3.71. The zero-order chi connectivity index (χ0) is 13.1. The van der Waals surface area contributed by atoms with Crippen LogP contribution in [0.25, 0.3) is 0 Å². The van der Waals surface area contributed by atoms with E-state index in [1.165, 1.54) is 6.07 Å². The lowest BCUT2D eigenvalue weighted by molar-refractivity contribution is 0.619. The van der Waals surface area contributed by atoms with E-state index in [1.807, 2.05) is 25.1 Å². The zero-order valence-corrected chi connectivity index (χ0v) is 11.2. The van der Waals surface area contributed by atoms with Crippen LogP contribution >= 0.6 is 0 Å².